The summed E-state index contributed by atoms with van der Waals surface area (Å²) in [5.41, 5.74) is 2.15. The second-order valence-electron chi connectivity index (χ2n) is 4.98. The van der Waals surface area contributed by atoms with Gasteiger partial charge < -0.3 is 5.11 Å². The van der Waals surface area contributed by atoms with Gasteiger partial charge in [-0.15, -0.1) is 5.11 Å². The Morgan fingerprint density at radius 3 is 2.58 bits per heavy atom. The number of carboxylic acid groups (broad SMARTS) is 1. The third kappa shape index (κ3) is 3.43. The van der Waals surface area contributed by atoms with Gasteiger partial charge in [-0.05, 0) is 29.8 Å². The van der Waals surface area contributed by atoms with E-state index in [1.54, 1.807) is 48.8 Å². The summed E-state index contributed by atoms with van der Waals surface area (Å²) in [6.07, 6.45) is 3.19. The summed E-state index contributed by atoms with van der Waals surface area (Å²) >= 11 is 0. The first-order valence-electron chi connectivity index (χ1n) is 7.07. The van der Waals surface area contributed by atoms with Gasteiger partial charge in [-0.2, -0.15) is 5.11 Å². The summed E-state index contributed by atoms with van der Waals surface area (Å²) in [7, 11) is 0. The monoisotopic (exact) mass is 323 g/mol. The SMILES string of the molecule is O=C(O)Cc1ccc(N=Nc2c(-c3cccnc3)[nH][nH]c2=O)cc1. The third-order valence-corrected chi connectivity index (χ3v) is 3.26. The van der Waals surface area contributed by atoms with Crippen LogP contribution in [0.3, 0.4) is 0 Å². The molecule has 0 aliphatic heterocycles. The van der Waals surface area contributed by atoms with Crippen LogP contribution in [0.5, 0.6) is 0 Å². The van der Waals surface area contributed by atoms with Crippen LogP contribution in [0, 0.1) is 0 Å². The first kappa shape index (κ1) is 15.3. The molecule has 8 nitrogen and oxygen atoms in total. The van der Waals surface area contributed by atoms with Crippen LogP contribution >= 0.6 is 0 Å². The van der Waals surface area contributed by atoms with E-state index in [2.05, 4.69) is 25.4 Å². The number of hydrogen-bond donors (Lipinski definition) is 3. The molecule has 1 aromatic carbocycles. The van der Waals surface area contributed by atoms with Crippen molar-refractivity contribution in [1.29, 1.82) is 0 Å². The molecule has 3 rings (SSSR count). The van der Waals surface area contributed by atoms with E-state index in [-0.39, 0.29) is 17.7 Å². The molecule has 3 aromatic rings. The standard InChI is InChI=1S/C16H13N5O3/c22-13(23)8-10-3-5-12(6-4-10)18-20-15-14(19-21-16(15)24)11-2-1-7-17-9-11/h1-7,9H,8H2,(H,22,23)(H2,19,21,24). The van der Waals surface area contributed by atoms with E-state index in [0.717, 1.165) is 0 Å². The average Bonchev–Trinajstić information content (AvgIpc) is 2.95. The Kier molecular flexibility index (Phi) is 4.28. The summed E-state index contributed by atoms with van der Waals surface area (Å²) in [5, 5.41) is 22.0. The lowest BCUT2D eigenvalue weighted by Gasteiger charge is -1.98. The molecule has 0 saturated carbocycles. The minimum Gasteiger partial charge on any atom is -0.481 e. The third-order valence-electron chi connectivity index (χ3n) is 3.26. The van der Waals surface area contributed by atoms with E-state index in [9.17, 15) is 9.59 Å². The Hall–Kier alpha value is -3.55. The smallest absolute Gasteiger partial charge is 0.307 e. The number of hydrogen-bond acceptors (Lipinski definition) is 5. The van der Waals surface area contributed by atoms with Gasteiger partial charge in [-0.3, -0.25) is 24.8 Å². The molecule has 120 valence electrons. The minimum atomic E-state index is -0.899. The van der Waals surface area contributed by atoms with Crippen LogP contribution in [-0.4, -0.2) is 26.3 Å². The van der Waals surface area contributed by atoms with Crippen LogP contribution in [0.4, 0.5) is 11.4 Å². The maximum Gasteiger partial charge on any atom is 0.307 e. The number of carbonyl (C=O) groups is 1. The quantitative estimate of drug-likeness (QED) is 0.624. The number of aliphatic carboxylic acids is 1. The lowest BCUT2D eigenvalue weighted by atomic mass is 10.1. The fourth-order valence-electron chi connectivity index (χ4n) is 2.13. The number of benzene rings is 1. The second kappa shape index (κ2) is 6.69. The van der Waals surface area contributed by atoms with Gasteiger partial charge in [-0.1, -0.05) is 12.1 Å². The van der Waals surface area contributed by atoms with E-state index in [1.807, 2.05) is 0 Å². The molecule has 0 radical (unpaired) electrons. The van der Waals surface area contributed by atoms with Crippen molar-refractivity contribution < 1.29 is 9.90 Å². The van der Waals surface area contributed by atoms with Gasteiger partial charge in [0.15, 0.2) is 5.69 Å². The van der Waals surface area contributed by atoms with Gasteiger partial charge in [0.2, 0.25) is 0 Å². The Morgan fingerprint density at radius 2 is 1.92 bits per heavy atom. The Balaban J connectivity index is 1.86. The lowest BCUT2D eigenvalue weighted by Crippen LogP contribution is -1.99. The Bertz CT molecular complexity index is 926. The number of pyridine rings is 1. The predicted molar refractivity (Wildman–Crippen MR) is 86.6 cm³/mol. The number of carboxylic acids is 1. The highest BCUT2D eigenvalue weighted by atomic mass is 16.4. The molecule has 8 heteroatoms. The van der Waals surface area contributed by atoms with E-state index in [4.69, 9.17) is 5.11 Å². The van der Waals surface area contributed by atoms with Gasteiger partial charge in [0.25, 0.3) is 5.56 Å². The van der Waals surface area contributed by atoms with Crippen molar-refractivity contribution >= 4 is 17.3 Å². The number of nitrogens with one attached hydrogen (secondary N) is 2. The molecule has 0 unspecified atom stereocenters. The number of H-pyrrole nitrogens is 2. The van der Waals surface area contributed by atoms with Crippen molar-refractivity contribution in [2.75, 3.05) is 0 Å². The first-order chi connectivity index (χ1) is 11.6. The van der Waals surface area contributed by atoms with Crippen LogP contribution in [-0.2, 0) is 11.2 Å². The summed E-state index contributed by atoms with van der Waals surface area (Å²) in [6.45, 7) is 0. The number of nitrogens with zero attached hydrogens (tertiary/aromatic N) is 3. The molecule has 0 spiro atoms. The Labute approximate surface area is 135 Å². The second-order valence-corrected chi connectivity index (χ2v) is 4.98. The van der Waals surface area contributed by atoms with Crippen LogP contribution in [0.1, 0.15) is 5.56 Å². The molecule has 2 heterocycles. The highest BCUT2D eigenvalue weighted by molar-refractivity contribution is 5.71. The van der Waals surface area contributed by atoms with Gasteiger partial charge in [0.05, 0.1) is 17.8 Å². The van der Waals surface area contributed by atoms with E-state index < -0.39 is 5.97 Å². The molecule has 0 aliphatic rings. The number of rotatable bonds is 5. The molecule has 0 fully saturated rings. The van der Waals surface area contributed by atoms with Crippen molar-refractivity contribution in [2.24, 2.45) is 10.2 Å². The van der Waals surface area contributed by atoms with Gasteiger partial charge in [0, 0.05) is 18.0 Å². The average molecular weight is 323 g/mol. The van der Waals surface area contributed by atoms with Crippen molar-refractivity contribution in [1.82, 2.24) is 15.2 Å². The van der Waals surface area contributed by atoms with Crippen molar-refractivity contribution in [3.05, 3.63) is 64.7 Å². The summed E-state index contributed by atoms with van der Waals surface area (Å²) in [6, 6.07) is 10.2. The number of aromatic amines is 2. The highest BCUT2D eigenvalue weighted by Gasteiger charge is 2.11. The zero-order valence-corrected chi connectivity index (χ0v) is 12.4. The fraction of sp³-hybridized carbons (Fsp3) is 0.0625. The van der Waals surface area contributed by atoms with Gasteiger partial charge >= 0.3 is 5.97 Å². The zero-order valence-electron chi connectivity index (χ0n) is 12.4. The van der Waals surface area contributed by atoms with Crippen molar-refractivity contribution in [3.8, 4) is 11.3 Å². The molecule has 0 aliphatic carbocycles. The maximum absolute atomic E-state index is 11.9. The van der Waals surface area contributed by atoms with Gasteiger partial charge in [0.1, 0.15) is 0 Å². The van der Waals surface area contributed by atoms with Crippen molar-refractivity contribution in [3.63, 3.8) is 0 Å². The van der Waals surface area contributed by atoms with E-state index >= 15 is 0 Å². The number of aromatic nitrogens is 3. The molecule has 0 atom stereocenters. The fourth-order valence-corrected chi connectivity index (χ4v) is 2.13. The molecule has 0 amide bonds. The lowest BCUT2D eigenvalue weighted by molar-refractivity contribution is -0.136. The van der Waals surface area contributed by atoms with Crippen LogP contribution in [0.25, 0.3) is 11.3 Å². The normalized spacial score (nSPS) is 11.0. The highest BCUT2D eigenvalue weighted by Crippen LogP contribution is 2.25. The predicted octanol–water partition coefficient (Wildman–Crippen LogP) is 2.81. The van der Waals surface area contributed by atoms with Crippen LogP contribution in [0.2, 0.25) is 0 Å². The molecule has 24 heavy (non-hydrogen) atoms. The van der Waals surface area contributed by atoms with E-state index in [0.29, 0.717) is 22.5 Å². The first-order valence-corrected chi connectivity index (χ1v) is 7.07. The molecule has 2 aromatic heterocycles. The molecule has 0 saturated heterocycles. The molecule has 3 N–H and O–H groups in total. The zero-order chi connectivity index (χ0) is 16.9. The topological polar surface area (TPSA) is 124 Å². The maximum atomic E-state index is 11.9. The van der Waals surface area contributed by atoms with Crippen molar-refractivity contribution in [2.45, 2.75) is 6.42 Å². The molecule has 0 bridgehead atoms. The minimum absolute atomic E-state index is 0.0555. The Morgan fingerprint density at radius 1 is 1.12 bits per heavy atom. The van der Waals surface area contributed by atoms with Crippen LogP contribution in [0.15, 0.2) is 63.8 Å². The largest absolute Gasteiger partial charge is 0.481 e. The van der Waals surface area contributed by atoms with E-state index in [1.165, 1.54) is 0 Å². The summed E-state index contributed by atoms with van der Waals surface area (Å²) in [4.78, 5) is 26.5. The molecular weight excluding hydrogens is 310 g/mol. The van der Waals surface area contributed by atoms with Gasteiger partial charge in [-0.25, -0.2) is 0 Å². The molecular formula is C16H13N5O3. The van der Waals surface area contributed by atoms with Crippen LogP contribution < -0.4 is 5.56 Å². The summed E-state index contributed by atoms with van der Waals surface area (Å²) < 4.78 is 0. The number of azo groups is 1. The summed E-state index contributed by atoms with van der Waals surface area (Å²) in [5.74, 6) is -0.899.